The van der Waals surface area contributed by atoms with Gasteiger partial charge in [0.25, 0.3) is 0 Å². The van der Waals surface area contributed by atoms with Crippen molar-refractivity contribution in [2.45, 2.75) is 52.2 Å². The van der Waals surface area contributed by atoms with Gasteiger partial charge in [-0.05, 0) is 73.9 Å². The minimum atomic E-state index is -3.88. The Hall–Kier alpha value is -3.27. The molecule has 0 heterocycles. The number of para-hydroxylation sites is 1. The van der Waals surface area contributed by atoms with Gasteiger partial charge in [-0.3, -0.25) is 13.9 Å². The van der Waals surface area contributed by atoms with Crippen molar-refractivity contribution in [3.05, 3.63) is 88.4 Å². The topological polar surface area (TPSA) is 96.0 Å². The van der Waals surface area contributed by atoms with Crippen LogP contribution in [0.1, 0.15) is 39.2 Å². The van der Waals surface area contributed by atoms with E-state index >= 15 is 0 Å². The van der Waals surface area contributed by atoms with Crippen molar-refractivity contribution in [2.75, 3.05) is 17.1 Å². The SMILES string of the molecule is CC[C@H](C)NC(=O)[C@H](CC)N(Cc1ccc(Cl)cc1Cl)C(=O)CN(c1ccc(Oc2ccccc2)cc1)S(C)(=O)=O. The molecule has 8 nitrogen and oxygen atoms in total. The molecule has 2 amide bonds. The second-order valence-electron chi connectivity index (χ2n) is 9.68. The fourth-order valence-electron chi connectivity index (χ4n) is 4.11. The summed E-state index contributed by atoms with van der Waals surface area (Å²) in [5.41, 5.74) is 0.857. The highest BCUT2D eigenvalue weighted by atomic mass is 35.5. The molecule has 0 radical (unpaired) electrons. The van der Waals surface area contributed by atoms with Crippen LogP contribution in [0.5, 0.6) is 11.5 Å². The molecule has 220 valence electrons. The molecule has 1 N–H and O–H groups in total. The second-order valence-corrected chi connectivity index (χ2v) is 12.4. The van der Waals surface area contributed by atoms with Gasteiger partial charge in [0, 0.05) is 22.6 Å². The van der Waals surface area contributed by atoms with Gasteiger partial charge in [0.15, 0.2) is 0 Å². The highest BCUT2D eigenvalue weighted by Crippen LogP contribution is 2.27. The van der Waals surface area contributed by atoms with Crippen LogP contribution in [-0.4, -0.2) is 50.0 Å². The molecular formula is C30H35Cl2N3O5S. The van der Waals surface area contributed by atoms with Crippen LogP contribution in [0.4, 0.5) is 5.69 Å². The van der Waals surface area contributed by atoms with Crippen molar-refractivity contribution in [1.29, 1.82) is 0 Å². The Morgan fingerprint density at radius 3 is 2.12 bits per heavy atom. The number of nitrogens with one attached hydrogen (secondary N) is 1. The van der Waals surface area contributed by atoms with E-state index in [1.54, 1.807) is 61.5 Å². The Labute approximate surface area is 252 Å². The summed E-state index contributed by atoms with van der Waals surface area (Å²) in [6.07, 6.45) is 2.05. The Balaban J connectivity index is 1.92. The van der Waals surface area contributed by atoms with Gasteiger partial charge in [-0.2, -0.15) is 0 Å². The fraction of sp³-hybridized carbons (Fsp3) is 0.333. The van der Waals surface area contributed by atoms with E-state index in [-0.39, 0.29) is 24.2 Å². The second kappa shape index (κ2) is 14.6. The summed E-state index contributed by atoms with van der Waals surface area (Å²) in [7, 11) is -3.88. The molecule has 2 atom stereocenters. The first-order valence-corrected chi connectivity index (χ1v) is 15.9. The summed E-state index contributed by atoms with van der Waals surface area (Å²) in [6.45, 7) is 5.09. The zero-order chi connectivity index (χ0) is 30.2. The molecule has 0 spiro atoms. The van der Waals surface area contributed by atoms with Gasteiger partial charge in [0.05, 0.1) is 11.9 Å². The molecular weight excluding hydrogens is 585 g/mol. The van der Waals surface area contributed by atoms with Crippen molar-refractivity contribution < 1.29 is 22.7 Å². The zero-order valence-corrected chi connectivity index (χ0v) is 25.8. The molecule has 3 aromatic carbocycles. The number of hydrogen-bond acceptors (Lipinski definition) is 5. The lowest BCUT2D eigenvalue weighted by Crippen LogP contribution is -2.53. The number of sulfonamides is 1. The smallest absolute Gasteiger partial charge is 0.244 e. The third-order valence-corrected chi connectivity index (χ3v) is 8.25. The maximum atomic E-state index is 13.9. The van der Waals surface area contributed by atoms with Crippen molar-refractivity contribution in [3.8, 4) is 11.5 Å². The first-order chi connectivity index (χ1) is 19.4. The normalized spacial score (nSPS) is 12.7. The van der Waals surface area contributed by atoms with Gasteiger partial charge in [0.2, 0.25) is 21.8 Å². The van der Waals surface area contributed by atoms with Gasteiger partial charge in [-0.1, -0.05) is 61.3 Å². The van der Waals surface area contributed by atoms with Gasteiger partial charge >= 0.3 is 0 Å². The molecule has 0 unspecified atom stereocenters. The molecule has 3 rings (SSSR count). The van der Waals surface area contributed by atoms with Crippen LogP contribution in [-0.2, 0) is 26.2 Å². The van der Waals surface area contributed by atoms with Crippen molar-refractivity contribution in [3.63, 3.8) is 0 Å². The van der Waals surface area contributed by atoms with E-state index in [1.807, 2.05) is 32.0 Å². The molecule has 0 saturated heterocycles. The monoisotopic (exact) mass is 619 g/mol. The predicted molar refractivity (Wildman–Crippen MR) is 164 cm³/mol. The number of halogens is 2. The number of benzene rings is 3. The molecule has 0 bridgehead atoms. The fourth-order valence-corrected chi connectivity index (χ4v) is 5.43. The predicted octanol–water partition coefficient (Wildman–Crippen LogP) is 6.27. The summed E-state index contributed by atoms with van der Waals surface area (Å²) in [5.74, 6) is 0.255. The number of hydrogen-bond donors (Lipinski definition) is 1. The van der Waals surface area contributed by atoms with E-state index < -0.39 is 28.5 Å². The lowest BCUT2D eigenvalue weighted by molar-refractivity contribution is -0.140. The standard InChI is InChI=1S/C30H35Cl2N3O5S/c1-5-21(3)33-30(37)28(6-2)34(19-22-12-13-23(31)18-27(22)32)29(36)20-35(41(4,38)39)24-14-16-26(17-15-24)40-25-10-8-7-9-11-25/h7-18,21,28H,5-6,19-20H2,1-4H3,(H,33,37)/t21-,28-/m0/s1. The molecule has 0 aliphatic carbocycles. The van der Waals surface area contributed by atoms with Crippen molar-refractivity contribution in [1.82, 2.24) is 10.2 Å². The summed E-state index contributed by atoms with van der Waals surface area (Å²) in [6, 6.07) is 19.5. The first-order valence-electron chi connectivity index (χ1n) is 13.3. The zero-order valence-electron chi connectivity index (χ0n) is 23.5. The molecule has 0 aliphatic rings. The third-order valence-electron chi connectivity index (χ3n) is 6.53. The average Bonchev–Trinajstić information content (AvgIpc) is 2.93. The quantitative estimate of drug-likeness (QED) is 0.243. The molecule has 41 heavy (non-hydrogen) atoms. The van der Waals surface area contributed by atoms with Crippen molar-refractivity contribution >= 4 is 50.7 Å². The highest BCUT2D eigenvalue weighted by Gasteiger charge is 2.32. The molecule has 0 aliphatic heterocycles. The van der Waals surface area contributed by atoms with Gasteiger partial charge in [-0.25, -0.2) is 8.42 Å². The summed E-state index contributed by atoms with van der Waals surface area (Å²) >= 11 is 12.5. The third kappa shape index (κ3) is 9.11. The molecule has 0 fully saturated rings. The van der Waals surface area contributed by atoms with Crippen LogP contribution in [0.2, 0.25) is 10.0 Å². The molecule has 11 heteroatoms. The van der Waals surface area contributed by atoms with Crippen LogP contribution in [0.3, 0.4) is 0 Å². The lowest BCUT2D eigenvalue weighted by atomic mass is 10.1. The average molecular weight is 621 g/mol. The number of anilines is 1. The highest BCUT2D eigenvalue weighted by molar-refractivity contribution is 7.92. The summed E-state index contributed by atoms with van der Waals surface area (Å²) in [5, 5.41) is 3.70. The summed E-state index contributed by atoms with van der Waals surface area (Å²) < 4.78 is 32.6. The Morgan fingerprint density at radius 2 is 1.56 bits per heavy atom. The van der Waals surface area contributed by atoms with E-state index in [2.05, 4.69) is 5.32 Å². The first kappa shape index (κ1) is 32.2. The van der Waals surface area contributed by atoms with Crippen LogP contribution in [0.25, 0.3) is 0 Å². The van der Waals surface area contributed by atoms with Gasteiger partial charge in [0.1, 0.15) is 24.1 Å². The maximum absolute atomic E-state index is 13.9. The minimum Gasteiger partial charge on any atom is -0.457 e. The van der Waals surface area contributed by atoms with Crippen LogP contribution in [0, 0.1) is 0 Å². The maximum Gasteiger partial charge on any atom is 0.244 e. The van der Waals surface area contributed by atoms with E-state index in [1.165, 1.54) is 4.90 Å². The molecule has 0 aromatic heterocycles. The summed E-state index contributed by atoms with van der Waals surface area (Å²) in [4.78, 5) is 28.5. The van der Waals surface area contributed by atoms with Crippen LogP contribution < -0.4 is 14.4 Å². The van der Waals surface area contributed by atoms with Crippen LogP contribution in [0.15, 0.2) is 72.8 Å². The Bertz CT molecular complexity index is 1440. The molecule has 0 saturated carbocycles. The Morgan fingerprint density at radius 1 is 0.927 bits per heavy atom. The molecule has 3 aromatic rings. The van der Waals surface area contributed by atoms with Crippen LogP contribution >= 0.6 is 23.2 Å². The Kier molecular flexibility index (Phi) is 11.5. The lowest BCUT2D eigenvalue weighted by Gasteiger charge is -2.33. The van der Waals surface area contributed by atoms with E-state index in [0.29, 0.717) is 39.9 Å². The van der Waals surface area contributed by atoms with Gasteiger partial charge < -0.3 is 15.0 Å². The largest absolute Gasteiger partial charge is 0.457 e. The number of amides is 2. The van der Waals surface area contributed by atoms with Crippen molar-refractivity contribution in [2.24, 2.45) is 0 Å². The number of carbonyl (C=O) groups excluding carboxylic acids is 2. The van der Waals surface area contributed by atoms with E-state index in [0.717, 1.165) is 10.6 Å². The van der Waals surface area contributed by atoms with E-state index in [9.17, 15) is 18.0 Å². The number of nitrogens with zero attached hydrogens (tertiary/aromatic N) is 2. The van der Waals surface area contributed by atoms with E-state index in [4.69, 9.17) is 27.9 Å². The van der Waals surface area contributed by atoms with Gasteiger partial charge in [-0.15, -0.1) is 0 Å². The number of ether oxygens (including phenoxy) is 1. The minimum absolute atomic E-state index is 0.0112. The number of carbonyl (C=O) groups is 2. The number of rotatable bonds is 13.